The second-order valence-electron chi connectivity index (χ2n) is 5.07. The van der Waals surface area contributed by atoms with Gasteiger partial charge in [0, 0.05) is 5.75 Å². The maximum absolute atomic E-state index is 5.24. The molecule has 1 nitrogen and oxygen atoms in total. The first-order valence-corrected chi connectivity index (χ1v) is 9.50. The van der Waals surface area contributed by atoms with Gasteiger partial charge in [-0.1, -0.05) is 82.9 Å². The van der Waals surface area contributed by atoms with Gasteiger partial charge in [-0.05, 0) is 25.6 Å². The molecule has 0 spiro atoms. The summed E-state index contributed by atoms with van der Waals surface area (Å²) in [6, 6.07) is 0. The largest absolute Gasteiger partial charge is 0.479 e. The van der Waals surface area contributed by atoms with E-state index >= 15 is 0 Å². The molecule has 114 valence electrons. The molecule has 0 fully saturated rings. The van der Waals surface area contributed by atoms with Crippen LogP contribution in [-0.2, 0) is 4.74 Å². The minimum absolute atomic E-state index is 0.699. The van der Waals surface area contributed by atoms with Crippen LogP contribution in [0.2, 0.25) is 0 Å². The molecule has 0 saturated heterocycles. The Hall–Kier alpha value is 0.240. The molecule has 0 saturated carbocycles. The van der Waals surface area contributed by atoms with Crippen LogP contribution in [0.5, 0.6) is 0 Å². The Morgan fingerprint density at radius 3 is 1.74 bits per heavy atom. The first-order chi connectivity index (χ1) is 9.31. The van der Waals surface area contributed by atoms with Crippen molar-refractivity contribution in [3.63, 3.8) is 0 Å². The summed E-state index contributed by atoms with van der Waals surface area (Å²) in [5.41, 5.74) is 0. The summed E-state index contributed by atoms with van der Waals surface area (Å²) in [6.45, 7) is 4.96. The van der Waals surface area contributed by atoms with E-state index in [0.717, 1.165) is 10.1 Å². The van der Waals surface area contributed by atoms with Crippen LogP contribution in [0.4, 0.5) is 0 Å². The molecule has 0 aliphatic rings. The van der Waals surface area contributed by atoms with Crippen LogP contribution in [0.25, 0.3) is 0 Å². The molecular weight excluding hydrogens is 272 g/mol. The minimum atomic E-state index is 0.699. The van der Waals surface area contributed by atoms with Gasteiger partial charge in [-0.25, -0.2) is 0 Å². The van der Waals surface area contributed by atoms with Crippen molar-refractivity contribution in [1.82, 2.24) is 0 Å². The second kappa shape index (κ2) is 16.3. The van der Waals surface area contributed by atoms with Crippen molar-refractivity contribution in [2.24, 2.45) is 0 Å². The lowest BCUT2D eigenvalue weighted by molar-refractivity contribution is 0.346. The summed E-state index contributed by atoms with van der Waals surface area (Å²) in [7, 11) is 0. The molecule has 0 aromatic rings. The second-order valence-corrected chi connectivity index (χ2v) is 6.76. The zero-order valence-electron chi connectivity index (χ0n) is 12.9. The van der Waals surface area contributed by atoms with E-state index in [0.29, 0.717) is 6.61 Å². The third kappa shape index (κ3) is 16.2. The Morgan fingerprint density at radius 2 is 1.26 bits per heavy atom. The number of hydrogen-bond acceptors (Lipinski definition) is 3. The number of unbranched alkanes of at least 4 members (excludes halogenated alkanes) is 10. The maximum Gasteiger partial charge on any atom is 0.219 e. The number of thioether (sulfide) groups is 1. The Labute approximate surface area is 130 Å². The lowest BCUT2D eigenvalue weighted by Crippen LogP contribution is -1.96. The molecule has 0 atom stereocenters. The number of thiocarbonyl (C=S) groups is 1. The molecule has 0 radical (unpaired) electrons. The molecule has 0 aliphatic carbocycles. The van der Waals surface area contributed by atoms with E-state index in [1.165, 1.54) is 70.6 Å². The van der Waals surface area contributed by atoms with Crippen molar-refractivity contribution in [2.75, 3.05) is 12.4 Å². The predicted molar refractivity (Wildman–Crippen MR) is 93.1 cm³/mol. The zero-order valence-corrected chi connectivity index (χ0v) is 14.6. The summed E-state index contributed by atoms with van der Waals surface area (Å²) in [5.74, 6) is 1.12. The number of ether oxygens (including phenoxy) is 1. The summed E-state index contributed by atoms with van der Waals surface area (Å²) in [4.78, 5) is 0. The van der Waals surface area contributed by atoms with E-state index in [1.54, 1.807) is 11.8 Å². The zero-order chi connectivity index (χ0) is 14.2. The molecule has 19 heavy (non-hydrogen) atoms. The minimum Gasteiger partial charge on any atom is -0.479 e. The third-order valence-corrected chi connectivity index (χ3v) is 4.55. The molecule has 0 unspecified atom stereocenters. The smallest absolute Gasteiger partial charge is 0.219 e. The fraction of sp³-hybridized carbons (Fsp3) is 0.938. The molecule has 0 amide bonds. The first kappa shape index (κ1) is 19.2. The van der Waals surface area contributed by atoms with Crippen molar-refractivity contribution in [3.8, 4) is 0 Å². The van der Waals surface area contributed by atoms with Gasteiger partial charge in [-0.2, -0.15) is 0 Å². The van der Waals surface area contributed by atoms with Crippen LogP contribution in [0, 0.1) is 0 Å². The molecular formula is C16H32OS2. The number of rotatable bonds is 13. The summed E-state index contributed by atoms with van der Waals surface area (Å²) >= 11 is 6.76. The molecule has 0 bridgehead atoms. The fourth-order valence-electron chi connectivity index (χ4n) is 2.08. The maximum atomic E-state index is 5.24. The highest BCUT2D eigenvalue weighted by Gasteiger charge is 1.97. The molecule has 0 aliphatic heterocycles. The average Bonchev–Trinajstić information content (AvgIpc) is 2.40. The van der Waals surface area contributed by atoms with E-state index in [1.807, 2.05) is 6.92 Å². The van der Waals surface area contributed by atoms with Crippen LogP contribution < -0.4 is 0 Å². The topological polar surface area (TPSA) is 9.23 Å². The van der Waals surface area contributed by atoms with E-state index in [9.17, 15) is 0 Å². The Balaban J connectivity index is 3.01. The molecule has 0 N–H and O–H groups in total. The highest BCUT2D eigenvalue weighted by Crippen LogP contribution is 2.13. The van der Waals surface area contributed by atoms with Gasteiger partial charge in [0.2, 0.25) is 4.38 Å². The molecule has 3 heteroatoms. The van der Waals surface area contributed by atoms with Crippen molar-refractivity contribution in [3.05, 3.63) is 0 Å². The van der Waals surface area contributed by atoms with Gasteiger partial charge in [0.25, 0.3) is 0 Å². The number of hydrogen-bond donors (Lipinski definition) is 0. The van der Waals surface area contributed by atoms with Gasteiger partial charge < -0.3 is 4.74 Å². The van der Waals surface area contributed by atoms with Crippen LogP contribution in [0.3, 0.4) is 0 Å². The van der Waals surface area contributed by atoms with Crippen molar-refractivity contribution >= 4 is 28.4 Å². The van der Waals surface area contributed by atoms with Gasteiger partial charge in [-0.15, -0.1) is 0 Å². The quantitative estimate of drug-likeness (QED) is 0.290. The molecule has 0 rings (SSSR count). The van der Waals surface area contributed by atoms with Gasteiger partial charge in [0.1, 0.15) is 0 Å². The van der Waals surface area contributed by atoms with Crippen molar-refractivity contribution in [2.45, 2.75) is 84.5 Å². The van der Waals surface area contributed by atoms with Gasteiger partial charge in [0.05, 0.1) is 6.61 Å². The molecule has 0 aromatic carbocycles. The lowest BCUT2D eigenvalue weighted by atomic mass is 10.1. The van der Waals surface area contributed by atoms with Gasteiger partial charge in [-0.3, -0.25) is 0 Å². The van der Waals surface area contributed by atoms with E-state index in [-0.39, 0.29) is 0 Å². The SMILES string of the molecule is CCCCCCCCCCCCCSC(=S)OCC. The van der Waals surface area contributed by atoms with E-state index in [4.69, 9.17) is 17.0 Å². The molecule has 0 aromatic heterocycles. The summed E-state index contributed by atoms with van der Waals surface area (Å²) in [6.07, 6.45) is 15.4. The monoisotopic (exact) mass is 304 g/mol. The van der Waals surface area contributed by atoms with Gasteiger partial charge in [0.15, 0.2) is 0 Å². The molecule has 0 heterocycles. The highest BCUT2D eigenvalue weighted by molar-refractivity contribution is 8.22. The first-order valence-electron chi connectivity index (χ1n) is 8.10. The van der Waals surface area contributed by atoms with Crippen molar-refractivity contribution in [1.29, 1.82) is 0 Å². The average molecular weight is 305 g/mol. The standard InChI is InChI=1S/C16H32OS2/c1-3-5-6-7-8-9-10-11-12-13-14-15-19-16(18)17-4-2/h3-15H2,1-2H3. The highest BCUT2D eigenvalue weighted by atomic mass is 32.2. The Kier molecular flexibility index (Phi) is 16.5. The van der Waals surface area contributed by atoms with Crippen LogP contribution in [0.15, 0.2) is 0 Å². The van der Waals surface area contributed by atoms with Crippen LogP contribution >= 0.6 is 24.0 Å². The van der Waals surface area contributed by atoms with Gasteiger partial charge >= 0.3 is 0 Å². The predicted octanol–water partition coefficient (Wildman–Crippen LogP) is 6.35. The van der Waals surface area contributed by atoms with Crippen molar-refractivity contribution < 1.29 is 4.74 Å². The third-order valence-electron chi connectivity index (χ3n) is 3.23. The van der Waals surface area contributed by atoms with E-state index < -0.39 is 0 Å². The van der Waals surface area contributed by atoms with Crippen LogP contribution in [0.1, 0.15) is 84.5 Å². The van der Waals surface area contributed by atoms with E-state index in [2.05, 4.69) is 6.92 Å². The normalized spacial score (nSPS) is 10.6. The Bertz CT molecular complexity index is 195. The van der Waals surface area contributed by atoms with Crippen LogP contribution in [-0.4, -0.2) is 16.7 Å². The summed E-state index contributed by atoms with van der Waals surface area (Å²) in [5, 5.41) is 0. The Morgan fingerprint density at radius 1 is 0.789 bits per heavy atom. The fourth-order valence-corrected chi connectivity index (χ4v) is 3.17. The summed E-state index contributed by atoms with van der Waals surface area (Å²) < 4.78 is 5.95. The lowest BCUT2D eigenvalue weighted by Gasteiger charge is -2.04.